The number of amides is 1. The quantitative estimate of drug-likeness (QED) is 0.839. The molecule has 1 aromatic rings. The number of carbonyl (C=O) groups is 1. The monoisotopic (exact) mass is 272 g/mol. The molecule has 0 aromatic heterocycles. The molecule has 20 heavy (non-hydrogen) atoms. The molecule has 1 saturated carbocycles. The second kappa shape index (κ2) is 5.96. The number of nitrogens with one attached hydrogen (secondary N) is 1. The molecular weight excluding hydrogens is 248 g/mol. The van der Waals surface area contributed by atoms with Crippen LogP contribution in [0.3, 0.4) is 0 Å². The fourth-order valence-electron chi connectivity index (χ4n) is 3.50. The van der Waals surface area contributed by atoms with Crippen molar-refractivity contribution >= 4 is 5.91 Å². The molecule has 108 valence electrons. The Morgan fingerprint density at radius 3 is 2.35 bits per heavy atom. The molecule has 2 fully saturated rings. The summed E-state index contributed by atoms with van der Waals surface area (Å²) >= 11 is 0. The number of hydrogen-bond acceptors (Lipinski definition) is 2. The maximum Gasteiger partial charge on any atom is 0.238 e. The molecule has 3 nitrogen and oxygen atoms in total. The van der Waals surface area contributed by atoms with Gasteiger partial charge in [0.2, 0.25) is 5.91 Å². The van der Waals surface area contributed by atoms with Crippen LogP contribution in [0.15, 0.2) is 24.3 Å². The van der Waals surface area contributed by atoms with E-state index in [2.05, 4.69) is 41.4 Å². The zero-order valence-corrected chi connectivity index (χ0v) is 12.3. The summed E-state index contributed by atoms with van der Waals surface area (Å²) in [7, 11) is 0. The van der Waals surface area contributed by atoms with Crippen molar-refractivity contribution in [3.8, 4) is 0 Å². The Morgan fingerprint density at radius 1 is 1.05 bits per heavy atom. The zero-order valence-electron chi connectivity index (χ0n) is 12.3. The van der Waals surface area contributed by atoms with Crippen LogP contribution in [0.25, 0.3) is 0 Å². The molecule has 1 atom stereocenters. The van der Waals surface area contributed by atoms with Crippen molar-refractivity contribution in [2.75, 3.05) is 6.54 Å². The molecule has 0 spiro atoms. The van der Waals surface area contributed by atoms with E-state index >= 15 is 0 Å². The van der Waals surface area contributed by atoms with Crippen LogP contribution in [0, 0.1) is 6.92 Å². The Labute approximate surface area is 121 Å². The number of carbonyl (C=O) groups excluding carboxylic acids is 1. The van der Waals surface area contributed by atoms with Crippen LogP contribution in [0.1, 0.15) is 55.8 Å². The van der Waals surface area contributed by atoms with E-state index in [1.54, 1.807) is 0 Å². The van der Waals surface area contributed by atoms with Crippen molar-refractivity contribution in [2.24, 2.45) is 0 Å². The van der Waals surface area contributed by atoms with Crippen molar-refractivity contribution in [3.63, 3.8) is 0 Å². The fraction of sp³-hybridized carbons (Fsp3) is 0.588. The minimum atomic E-state index is 0.0752. The van der Waals surface area contributed by atoms with Crippen LogP contribution in [0.5, 0.6) is 0 Å². The average Bonchev–Trinajstić information content (AvgIpc) is 2.67. The Hall–Kier alpha value is -1.35. The largest absolute Gasteiger partial charge is 0.319 e. The lowest BCUT2D eigenvalue weighted by Gasteiger charge is -2.32. The highest BCUT2D eigenvalue weighted by molar-refractivity contribution is 5.81. The molecule has 1 aliphatic heterocycles. The van der Waals surface area contributed by atoms with E-state index in [0.29, 0.717) is 12.6 Å². The SMILES string of the molecule is Cc1ccc(C2NCC(=O)N2C2CCCCCC2)cc1. The normalized spacial score (nSPS) is 24.9. The smallest absolute Gasteiger partial charge is 0.238 e. The average molecular weight is 272 g/mol. The molecule has 1 aromatic carbocycles. The summed E-state index contributed by atoms with van der Waals surface area (Å²) in [6, 6.07) is 8.98. The van der Waals surface area contributed by atoms with Gasteiger partial charge in [-0.05, 0) is 25.3 Å². The molecule has 1 unspecified atom stereocenters. The van der Waals surface area contributed by atoms with Gasteiger partial charge in [-0.25, -0.2) is 0 Å². The van der Waals surface area contributed by atoms with Crippen LogP contribution in [0.4, 0.5) is 0 Å². The number of hydrogen-bond donors (Lipinski definition) is 1. The van der Waals surface area contributed by atoms with E-state index in [9.17, 15) is 4.79 Å². The van der Waals surface area contributed by atoms with Gasteiger partial charge in [0.25, 0.3) is 0 Å². The van der Waals surface area contributed by atoms with Gasteiger partial charge < -0.3 is 4.90 Å². The van der Waals surface area contributed by atoms with Gasteiger partial charge in [0, 0.05) is 6.04 Å². The second-order valence-electron chi connectivity index (χ2n) is 6.14. The van der Waals surface area contributed by atoms with Gasteiger partial charge in [-0.2, -0.15) is 0 Å². The van der Waals surface area contributed by atoms with Crippen LogP contribution >= 0.6 is 0 Å². The molecule has 0 bridgehead atoms. The Bertz CT molecular complexity index is 460. The van der Waals surface area contributed by atoms with E-state index in [1.807, 2.05) is 0 Å². The van der Waals surface area contributed by atoms with Crippen molar-refractivity contribution in [2.45, 2.75) is 57.7 Å². The van der Waals surface area contributed by atoms with E-state index in [-0.39, 0.29) is 12.1 Å². The summed E-state index contributed by atoms with van der Waals surface area (Å²) in [5.41, 5.74) is 2.48. The lowest BCUT2D eigenvalue weighted by Crippen LogP contribution is -2.39. The van der Waals surface area contributed by atoms with E-state index in [1.165, 1.54) is 36.8 Å². The lowest BCUT2D eigenvalue weighted by molar-refractivity contribution is -0.130. The molecule has 3 heteroatoms. The second-order valence-corrected chi connectivity index (χ2v) is 6.14. The summed E-state index contributed by atoms with van der Waals surface area (Å²) in [6.45, 7) is 2.58. The Kier molecular flexibility index (Phi) is 4.06. The molecule has 1 heterocycles. The minimum absolute atomic E-state index is 0.0752. The third-order valence-corrected chi connectivity index (χ3v) is 4.62. The Morgan fingerprint density at radius 2 is 1.70 bits per heavy atom. The fourth-order valence-corrected chi connectivity index (χ4v) is 3.50. The topological polar surface area (TPSA) is 32.3 Å². The van der Waals surface area contributed by atoms with E-state index in [0.717, 1.165) is 12.8 Å². The molecule has 1 N–H and O–H groups in total. The lowest BCUT2D eigenvalue weighted by atomic mass is 10.0. The van der Waals surface area contributed by atoms with Gasteiger partial charge in [0.15, 0.2) is 0 Å². The predicted molar refractivity (Wildman–Crippen MR) is 80.3 cm³/mol. The molecule has 1 saturated heterocycles. The van der Waals surface area contributed by atoms with Crippen molar-refractivity contribution in [1.82, 2.24) is 10.2 Å². The van der Waals surface area contributed by atoms with Crippen molar-refractivity contribution < 1.29 is 4.79 Å². The Balaban J connectivity index is 1.82. The molecular formula is C17H24N2O. The van der Waals surface area contributed by atoms with Crippen molar-refractivity contribution in [1.29, 1.82) is 0 Å². The summed E-state index contributed by atoms with van der Waals surface area (Å²) in [5.74, 6) is 0.266. The zero-order chi connectivity index (χ0) is 13.9. The van der Waals surface area contributed by atoms with Gasteiger partial charge in [-0.1, -0.05) is 55.5 Å². The highest BCUT2D eigenvalue weighted by Crippen LogP contribution is 2.31. The summed E-state index contributed by atoms with van der Waals surface area (Å²) in [5, 5.41) is 3.39. The summed E-state index contributed by atoms with van der Waals surface area (Å²) in [6.07, 6.45) is 7.56. The maximum absolute atomic E-state index is 12.3. The highest BCUT2D eigenvalue weighted by atomic mass is 16.2. The van der Waals surface area contributed by atoms with Gasteiger partial charge >= 0.3 is 0 Å². The highest BCUT2D eigenvalue weighted by Gasteiger charge is 2.36. The third kappa shape index (κ3) is 2.73. The first-order valence-electron chi connectivity index (χ1n) is 7.87. The van der Waals surface area contributed by atoms with Crippen LogP contribution in [-0.4, -0.2) is 23.4 Å². The molecule has 2 aliphatic rings. The summed E-state index contributed by atoms with van der Waals surface area (Å²) < 4.78 is 0. The first-order chi connectivity index (χ1) is 9.75. The third-order valence-electron chi connectivity index (χ3n) is 4.62. The molecule has 0 radical (unpaired) electrons. The first-order valence-corrected chi connectivity index (χ1v) is 7.87. The summed E-state index contributed by atoms with van der Waals surface area (Å²) in [4.78, 5) is 14.4. The first kappa shape index (κ1) is 13.6. The maximum atomic E-state index is 12.3. The van der Waals surface area contributed by atoms with Crippen molar-refractivity contribution in [3.05, 3.63) is 35.4 Å². The molecule has 1 amide bonds. The minimum Gasteiger partial charge on any atom is -0.319 e. The van der Waals surface area contributed by atoms with Crippen LogP contribution in [-0.2, 0) is 4.79 Å². The number of rotatable bonds is 2. The van der Waals surface area contributed by atoms with E-state index < -0.39 is 0 Å². The van der Waals surface area contributed by atoms with E-state index in [4.69, 9.17) is 0 Å². The molecule has 1 aliphatic carbocycles. The van der Waals surface area contributed by atoms with Gasteiger partial charge in [-0.3, -0.25) is 10.1 Å². The number of nitrogens with zero attached hydrogens (tertiary/aromatic N) is 1. The van der Waals surface area contributed by atoms with Gasteiger partial charge in [0.1, 0.15) is 6.17 Å². The standard InChI is InChI=1S/C17H24N2O/c1-13-8-10-14(11-9-13)17-18-12-16(20)19(17)15-6-4-2-3-5-7-15/h8-11,15,17-18H,2-7,12H2,1H3. The van der Waals surface area contributed by atoms with Crippen LogP contribution in [0.2, 0.25) is 0 Å². The molecule has 3 rings (SSSR count). The number of benzene rings is 1. The number of aryl methyl sites for hydroxylation is 1. The van der Waals surface area contributed by atoms with Gasteiger partial charge in [-0.15, -0.1) is 0 Å². The van der Waals surface area contributed by atoms with Gasteiger partial charge in [0.05, 0.1) is 6.54 Å². The van der Waals surface area contributed by atoms with Crippen LogP contribution < -0.4 is 5.32 Å². The predicted octanol–water partition coefficient (Wildman–Crippen LogP) is 3.15.